The van der Waals surface area contributed by atoms with E-state index in [0.717, 1.165) is 13.1 Å². The normalized spacial score (nSPS) is 33.9. The maximum Gasteiger partial charge on any atom is 0.213 e. The first-order chi connectivity index (χ1) is 7.22. The van der Waals surface area contributed by atoms with Crippen LogP contribution in [-0.2, 0) is 0 Å². The van der Waals surface area contributed by atoms with Crippen LogP contribution in [0.1, 0.15) is 26.2 Å². The molecule has 2 heterocycles. The van der Waals surface area contributed by atoms with Crippen molar-refractivity contribution in [2.24, 2.45) is 16.7 Å². The molecule has 0 aliphatic carbocycles. The highest BCUT2D eigenvalue weighted by atomic mass is 15.4. The van der Waals surface area contributed by atoms with E-state index in [2.05, 4.69) is 21.8 Å². The fourth-order valence-electron chi connectivity index (χ4n) is 2.75. The number of piperidine rings is 1. The van der Waals surface area contributed by atoms with E-state index in [1.807, 2.05) is 0 Å². The molecule has 0 radical (unpaired) electrons. The second-order valence-corrected chi connectivity index (χ2v) is 4.63. The van der Waals surface area contributed by atoms with Gasteiger partial charge in [-0.15, -0.1) is 5.10 Å². The Morgan fingerprint density at radius 2 is 2.13 bits per heavy atom. The van der Waals surface area contributed by atoms with Crippen LogP contribution in [0.25, 0.3) is 0 Å². The summed E-state index contributed by atoms with van der Waals surface area (Å²) in [6.07, 6.45) is 3.95. The first-order valence-electron chi connectivity index (χ1n) is 5.76. The van der Waals surface area contributed by atoms with Crippen molar-refractivity contribution in [3.8, 4) is 0 Å². The summed E-state index contributed by atoms with van der Waals surface area (Å²) in [5.41, 5.74) is 5.79. The molecule has 5 nitrogen and oxygen atoms in total. The van der Waals surface area contributed by atoms with Gasteiger partial charge in [-0.1, -0.05) is 6.42 Å². The SMILES string of the molecule is CC1CN2CCCCC2CN1C(N)=NN. The highest BCUT2D eigenvalue weighted by molar-refractivity contribution is 5.78. The van der Waals surface area contributed by atoms with Crippen molar-refractivity contribution >= 4 is 5.96 Å². The summed E-state index contributed by atoms with van der Waals surface area (Å²) in [5.74, 6) is 5.72. The van der Waals surface area contributed by atoms with Gasteiger partial charge in [0.2, 0.25) is 5.96 Å². The van der Waals surface area contributed by atoms with Gasteiger partial charge in [0, 0.05) is 25.2 Å². The van der Waals surface area contributed by atoms with Gasteiger partial charge in [-0.2, -0.15) is 0 Å². The minimum Gasteiger partial charge on any atom is -0.368 e. The predicted octanol–water partition coefficient (Wildman–Crippen LogP) is -0.267. The molecule has 0 amide bonds. The monoisotopic (exact) mass is 211 g/mol. The van der Waals surface area contributed by atoms with Crippen molar-refractivity contribution in [1.82, 2.24) is 9.80 Å². The van der Waals surface area contributed by atoms with Gasteiger partial charge in [0.15, 0.2) is 0 Å². The molecule has 5 heteroatoms. The van der Waals surface area contributed by atoms with E-state index in [0.29, 0.717) is 18.0 Å². The second kappa shape index (κ2) is 4.26. The quantitative estimate of drug-likeness (QED) is 0.250. The van der Waals surface area contributed by atoms with Crippen molar-refractivity contribution in [3.63, 3.8) is 0 Å². The molecule has 2 rings (SSSR count). The lowest BCUT2D eigenvalue weighted by Crippen LogP contribution is -2.61. The molecule has 2 aliphatic heterocycles. The second-order valence-electron chi connectivity index (χ2n) is 4.63. The molecule has 2 saturated heterocycles. The molecule has 2 unspecified atom stereocenters. The van der Waals surface area contributed by atoms with E-state index in [9.17, 15) is 0 Å². The largest absolute Gasteiger partial charge is 0.368 e. The molecule has 0 saturated carbocycles. The topological polar surface area (TPSA) is 70.9 Å². The van der Waals surface area contributed by atoms with Gasteiger partial charge in [-0.3, -0.25) is 4.90 Å². The van der Waals surface area contributed by atoms with Crippen LogP contribution in [0.4, 0.5) is 0 Å². The molecule has 0 aromatic heterocycles. The number of nitrogens with two attached hydrogens (primary N) is 2. The van der Waals surface area contributed by atoms with Crippen molar-refractivity contribution in [2.75, 3.05) is 19.6 Å². The van der Waals surface area contributed by atoms with Crippen LogP contribution < -0.4 is 11.6 Å². The Balaban J connectivity index is 2.04. The van der Waals surface area contributed by atoms with E-state index >= 15 is 0 Å². The Kier molecular flexibility index (Phi) is 3.00. The smallest absolute Gasteiger partial charge is 0.213 e. The van der Waals surface area contributed by atoms with Gasteiger partial charge in [-0.05, 0) is 26.3 Å². The van der Waals surface area contributed by atoms with Crippen molar-refractivity contribution in [2.45, 2.75) is 38.3 Å². The Bertz CT molecular complexity index is 252. The number of piperazine rings is 1. The van der Waals surface area contributed by atoms with Gasteiger partial charge in [-0.25, -0.2) is 0 Å². The molecule has 4 N–H and O–H groups in total. The molecule has 0 aromatic carbocycles. The molecule has 86 valence electrons. The van der Waals surface area contributed by atoms with E-state index in [-0.39, 0.29) is 0 Å². The average molecular weight is 211 g/mol. The van der Waals surface area contributed by atoms with Crippen molar-refractivity contribution in [1.29, 1.82) is 0 Å². The lowest BCUT2D eigenvalue weighted by molar-refractivity contribution is 0.0496. The number of hydrazone groups is 1. The number of hydrogen-bond donors (Lipinski definition) is 2. The maximum atomic E-state index is 5.79. The number of nitrogens with zero attached hydrogens (tertiary/aromatic N) is 3. The fraction of sp³-hybridized carbons (Fsp3) is 0.900. The third-order valence-corrected chi connectivity index (χ3v) is 3.61. The molecule has 15 heavy (non-hydrogen) atoms. The Hall–Kier alpha value is -0.970. The Morgan fingerprint density at radius 1 is 1.33 bits per heavy atom. The molecule has 2 fully saturated rings. The average Bonchev–Trinajstić information content (AvgIpc) is 2.27. The summed E-state index contributed by atoms with van der Waals surface area (Å²) < 4.78 is 0. The summed E-state index contributed by atoms with van der Waals surface area (Å²) in [7, 11) is 0. The van der Waals surface area contributed by atoms with Gasteiger partial charge >= 0.3 is 0 Å². The van der Waals surface area contributed by atoms with Gasteiger partial charge in [0.25, 0.3) is 0 Å². The number of hydrogen-bond acceptors (Lipinski definition) is 3. The molecular weight excluding hydrogens is 190 g/mol. The van der Waals surface area contributed by atoms with E-state index in [1.54, 1.807) is 0 Å². The summed E-state index contributed by atoms with van der Waals surface area (Å²) in [5, 5.41) is 3.60. The molecule has 0 spiro atoms. The highest BCUT2D eigenvalue weighted by Gasteiger charge is 2.33. The van der Waals surface area contributed by atoms with Crippen LogP contribution in [0, 0.1) is 0 Å². The standard InChI is InChI=1S/C10H21N5/c1-8-6-14-5-3-2-4-9(14)7-15(8)10(11)13-12/h8-9H,2-7,12H2,1H3,(H2,11,13). The zero-order chi connectivity index (χ0) is 10.8. The number of rotatable bonds is 0. The Morgan fingerprint density at radius 3 is 2.87 bits per heavy atom. The third-order valence-electron chi connectivity index (χ3n) is 3.61. The lowest BCUT2D eigenvalue weighted by atomic mass is 9.97. The fourth-order valence-corrected chi connectivity index (χ4v) is 2.75. The van der Waals surface area contributed by atoms with Crippen LogP contribution >= 0.6 is 0 Å². The lowest BCUT2D eigenvalue weighted by Gasteiger charge is -2.47. The molecular formula is C10H21N5. The number of guanidine groups is 1. The van der Waals surface area contributed by atoms with Crippen molar-refractivity contribution < 1.29 is 0 Å². The third kappa shape index (κ3) is 2.02. The Labute approximate surface area is 91.1 Å². The zero-order valence-corrected chi connectivity index (χ0v) is 9.39. The summed E-state index contributed by atoms with van der Waals surface area (Å²) in [6.45, 7) is 5.49. The minimum absolute atomic E-state index is 0.423. The maximum absolute atomic E-state index is 5.79. The predicted molar refractivity (Wildman–Crippen MR) is 61.2 cm³/mol. The molecule has 2 aliphatic rings. The van der Waals surface area contributed by atoms with E-state index in [1.165, 1.54) is 25.8 Å². The molecule has 0 aromatic rings. The van der Waals surface area contributed by atoms with Crippen LogP contribution in [0.3, 0.4) is 0 Å². The summed E-state index contributed by atoms with van der Waals surface area (Å²) >= 11 is 0. The first kappa shape index (κ1) is 10.5. The zero-order valence-electron chi connectivity index (χ0n) is 9.39. The summed E-state index contributed by atoms with van der Waals surface area (Å²) in [4.78, 5) is 4.71. The van der Waals surface area contributed by atoms with Gasteiger partial charge in [0.1, 0.15) is 0 Å². The number of fused-ring (bicyclic) bond motifs is 1. The van der Waals surface area contributed by atoms with E-state index < -0.39 is 0 Å². The molecule has 0 bridgehead atoms. The first-order valence-corrected chi connectivity index (χ1v) is 5.76. The van der Waals surface area contributed by atoms with Crippen LogP contribution in [-0.4, -0.2) is 47.5 Å². The van der Waals surface area contributed by atoms with Gasteiger partial charge < -0.3 is 16.5 Å². The van der Waals surface area contributed by atoms with E-state index in [4.69, 9.17) is 11.6 Å². The molecule has 2 atom stereocenters. The van der Waals surface area contributed by atoms with Crippen LogP contribution in [0.5, 0.6) is 0 Å². The minimum atomic E-state index is 0.423. The van der Waals surface area contributed by atoms with Gasteiger partial charge in [0.05, 0.1) is 0 Å². The van der Waals surface area contributed by atoms with Crippen molar-refractivity contribution in [3.05, 3.63) is 0 Å². The summed E-state index contributed by atoms with van der Waals surface area (Å²) in [6, 6.07) is 1.07. The van der Waals surface area contributed by atoms with Crippen LogP contribution in [0.2, 0.25) is 0 Å². The highest BCUT2D eigenvalue weighted by Crippen LogP contribution is 2.23. The van der Waals surface area contributed by atoms with Crippen LogP contribution in [0.15, 0.2) is 5.10 Å².